The van der Waals surface area contributed by atoms with E-state index in [9.17, 15) is 29.4 Å². The van der Waals surface area contributed by atoms with E-state index in [1.54, 1.807) is 30.3 Å². The fraction of sp³-hybridized carbons (Fsp3) is 0.273. The third-order valence-corrected chi connectivity index (χ3v) is 4.64. The average molecular weight is 443 g/mol. The smallest absolute Gasteiger partial charge is 0.326 e. The molecule has 0 aliphatic rings. The summed E-state index contributed by atoms with van der Waals surface area (Å²) in [6.07, 6.45) is -0.638. The van der Waals surface area contributed by atoms with Gasteiger partial charge in [-0.05, 0) is 23.3 Å². The molecule has 10 heteroatoms. The summed E-state index contributed by atoms with van der Waals surface area (Å²) in [4.78, 5) is 47.7. The summed E-state index contributed by atoms with van der Waals surface area (Å²) in [7, 11) is 0. The Bertz CT molecular complexity index is 948. The first-order valence-electron chi connectivity index (χ1n) is 9.78. The Balaban J connectivity index is 2.18. The van der Waals surface area contributed by atoms with Crippen LogP contribution in [0.15, 0.2) is 54.6 Å². The van der Waals surface area contributed by atoms with Crippen molar-refractivity contribution in [1.82, 2.24) is 10.6 Å². The van der Waals surface area contributed by atoms with Gasteiger partial charge in [-0.15, -0.1) is 0 Å². The number of aromatic hydroxyl groups is 1. The molecule has 2 rings (SSSR count). The van der Waals surface area contributed by atoms with Crippen molar-refractivity contribution in [2.75, 3.05) is 0 Å². The topological polar surface area (TPSA) is 179 Å². The summed E-state index contributed by atoms with van der Waals surface area (Å²) in [5.41, 5.74) is 6.85. The zero-order chi connectivity index (χ0) is 23.7. The largest absolute Gasteiger partial charge is 0.508 e. The van der Waals surface area contributed by atoms with E-state index in [1.165, 1.54) is 24.3 Å². The van der Waals surface area contributed by atoms with Crippen molar-refractivity contribution < 1.29 is 34.5 Å². The lowest BCUT2D eigenvalue weighted by Crippen LogP contribution is -2.55. The van der Waals surface area contributed by atoms with Crippen LogP contribution < -0.4 is 16.4 Å². The maximum Gasteiger partial charge on any atom is 0.326 e. The molecule has 2 aromatic carbocycles. The minimum atomic E-state index is -1.39. The molecule has 0 fully saturated rings. The highest BCUT2D eigenvalue weighted by Gasteiger charge is 2.29. The lowest BCUT2D eigenvalue weighted by Gasteiger charge is -2.23. The van der Waals surface area contributed by atoms with Crippen molar-refractivity contribution in [3.05, 3.63) is 65.7 Å². The number of nitrogens with two attached hydrogens (primary N) is 1. The van der Waals surface area contributed by atoms with Gasteiger partial charge in [-0.2, -0.15) is 0 Å². The van der Waals surface area contributed by atoms with Gasteiger partial charge >= 0.3 is 11.9 Å². The molecule has 3 atom stereocenters. The van der Waals surface area contributed by atoms with Gasteiger partial charge in [-0.1, -0.05) is 42.5 Å². The van der Waals surface area contributed by atoms with Gasteiger partial charge in [0.15, 0.2) is 0 Å². The van der Waals surface area contributed by atoms with Crippen LogP contribution in [0.4, 0.5) is 0 Å². The standard InChI is InChI=1S/C22H25N3O7/c23-16(12-19(27)28)20(29)24-17(10-14-6-8-15(26)9-7-14)21(30)25-18(22(31)32)11-13-4-2-1-3-5-13/h1-9,16-18,26H,10-12,23H2,(H,24,29)(H,25,30)(H,27,28)(H,31,32)/t16-,17-,18-/m0/s1. The van der Waals surface area contributed by atoms with Gasteiger partial charge in [0.1, 0.15) is 17.8 Å². The Kier molecular flexibility index (Phi) is 8.72. The number of carboxylic acids is 2. The lowest BCUT2D eigenvalue weighted by molar-refractivity contribution is -0.142. The minimum Gasteiger partial charge on any atom is -0.508 e. The second kappa shape index (κ2) is 11.5. The summed E-state index contributed by atoms with van der Waals surface area (Å²) < 4.78 is 0. The molecular weight excluding hydrogens is 418 g/mol. The third kappa shape index (κ3) is 7.73. The molecule has 2 aromatic rings. The summed E-state index contributed by atoms with van der Waals surface area (Å²) >= 11 is 0. The molecule has 0 spiro atoms. The highest BCUT2D eigenvalue weighted by Crippen LogP contribution is 2.12. The Labute approximate surface area is 184 Å². The summed E-state index contributed by atoms with van der Waals surface area (Å²) in [6.45, 7) is 0. The second-order valence-electron chi connectivity index (χ2n) is 7.23. The zero-order valence-electron chi connectivity index (χ0n) is 17.1. The second-order valence-corrected chi connectivity index (χ2v) is 7.23. The molecule has 170 valence electrons. The fourth-order valence-electron chi connectivity index (χ4n) is 2.96. The molecule has 0 heterocycles. The average Bonchev–Trinajstić information content (AvgIpc) is 2.74. The molecule has 2 amide bonds. The van der Waals surface area contributed by atoms with Crippen LogP contribution >= 0.6 is 0 Å². The maximum absolute atomic E-state index is 12.9. The molecule has 0 aliphatic carbocycles. The van der Waals surface area contributed by atoms with Gasteiger partial charge in [-0.3, -0.25) is 14.4 Å². The molecule has 32 heavy (non-hydrogen) atoms. The van der Waals surface area contributed by atoms with E-state index in [0.29, 0.717) is 11.1 Å². The van der Waals surface area contributed by atoms with Crippen LogP contribution in [0.2, 0.25) is 0 Å². The first-order chi connectivity index (χ1) is 15.2. The van der Waals surface area contributed by atoms with Crippen molar-refractivity contribution >= 4 is 23.8 Å². The molecule has 0 bridgehead atoms. The Morgan fingerprint density at radius 2 is 1.31 bits per heavy atom. The number of hydrogen-bond acceptors (Lipinski definition) is 6. The number of benzene rings is 2. The first kappa shape index (κ1) is 24.4. The van der Waals surface area contributed by atoms with Crippen LogP contribution in [0.1, 0.15) is 17.5 Å². The lowest BCUT2D eigenvalue weighted by atomic mass is 10.0. The van der Waals surface area contributed by atoms with Crippen LogP contribution in [0, 0.1) is 0 Å². The van der Waals surface area contributed by atoms with Crippen molar-refractivity contribution in [2.24, 2.45) is 5.73 Å². The molecule has 10 nitrogen and oxygen atoms in total. The van der Waals surface area contributed by atoms with Crippen LogP contribution in [0.25, 0.3) is 0 Å². The molecule has 0 saturated carbocycles. The Hall–Kier alpha value is -3.92. The maximum atomic E-state index is 12.9. The molecule has 0 aliphatic heterocycles. The van der Waals surface area contributed by atoms with E-state index in [4.69, 9.17) is 10.8 Å². The number of phenols is 1. The summed E-state index contributed by atoms with van der Waals surface area (Å²) in [5, 5.41) is 32.6. The van der Waals surface area contributed by atoms with E-state index in [2.05, 4.69) is 10.6 Å². The molecular formula is C22H25N3O7. The zero-order valence-corrected chi connectivity index (χ0v) is 17.1. The van der Waals surface area contributed by atoms with Gasteiger partial charge in [0, 0.05) is 12.8 Å². The van der Waals surface area contributed by atoms with Crippen molar-refractivity contribution in [3.63, 3.8) is 0 Å². The van der Waals surface area contributed by atoms with E-state index in [1.807, 2.05) is 0 Å². The highest BCUT2D eigenvalue weighted by atomic mass is 16.4. The van der Waals surface area contributed by atoms with Crippen LogP contribution in [0.5, 0.6) is 5.75 Å². The number of phenolic OH excluding ortho intramolecular Hbond substituents is 1. The number of carbonyl (C=O) groups is 4. The molecule has 0 radical (unpaired) electrons. The van der Waals surface area contributed by atoms with E-state index in [-0.39, 0.29) is 18.6 Å². The Morgan fingerprint density at radius 3 is 1.88 bits per heavy atom. The van der Waals surface area contributed by atoms with Crippen LogP contribution in [-0.4, -0.2) is 57.2 Å². The number of rotatable bonds is 11. The quantitative estimate of drug-likeness (QED) is 0.281. The minimum absolute atomic E-state index is 0.0102. The number of nitrogens with one attached hydrogen (secondary N) is 2. The predicted octanol–water partition coefficient (Wildman–Crippen LogP) is 0.0336. The van der Waals surface area contributed by atoms with Gasteiger partial charge < -0.3 is 31.7 Å². The van der Waals surface area contributed by atoms with Gasteiger partial charge in [0.05, 0.1) is 12.5 Å². The number of hydrogen-bond donors (Lipinski definition) is 6. The van der Waals surface area contributed by atoms with Crippen LogP contribution in [0.3, 0.4) is 0 Å². The van der Waals surface area contributed by atoms with Gasteiger partial charge in [-0.25, -0.2) is 4.79 Å². The SMILES string of the molecule is N[C@@H](CC(=O)O)C(=O)N[C@@H](Cc1ccc(O)cc1)C(=O)N[C@@H](Cc1ccccc1)C(=O)O. The molecule has 7 N–H and O–H groups in total. The van der Waals surface area contributed by atoms with E-state index < -0.39 is 48.3 Å². The van der Waals surface area contributed by atoms with Crippen molar-refractivity contribution in [2.45, 2.75) is 37.4 Å². The van der Waals surface area contributed by atoms with Gasteiger partial charge in [0.2, 0.25) is 11.8 Å². The Morgan fingerprint density at radius 1 is 0.781 bits per heavy atom. The monoisotopic (exact) mass is 443 g/mol. The van der Waals surface area contributed by atoms with Crippen molar-refractivity contribution in [3.8, 4) is 5.75 Å². The number of carbonyl (C=O) groups excluding carboxylic acids is 2. The summed E-state index contributed by atoms with van der Waals surface area (Å²) in [5.74, 6) is -4.14. The molecule has 0 unspecified atom stereocenters. The normalized spacial score (nSPS) is 13.4. The van der Waals surface area contributed by atoms with Crippen LogP contribution in [-0.2, 0) is 32.0 Å². The predicted molar refractivity (Wildman–Crippen MR) is 114 cm³/mol. The number of carboxylic acid groups (broad SMARTS) is 2. The highest BCUT2D eigenvalue weighted by molar-refractivity contribution is 5.93. The van der Waals surface area contributed by atoms with E-state index >= 15 is 0 Å². The number of amides is 2. The third-order valence-electron chi connectivity index (χ3n) is 4.64. The molecule has 0 saturated heterocycles. The number of aliphatic carboxylic acids is 2. The first-order valence-corrected chi connectivity index (χ1v) is 9.78. The van der Waals surface area contributed by atoms with Crippen molar-refractivity contribution in [1.29, 1.82) is 0 Å². The molecule has 0 aromatic heterocycles. The van der Waals surface area contributed by atoms with E-state index in [0.717, 1.165) is 0 Å². The van der Waals surface area contributed by atoms with Gasteiger partial charge in [0.25, 0.3) is 0 Å². The summed E-state index contributed by atoms with van der Waals surface area (Å²) in [6, 6.07) is 10.7. The fourth-order valence-corrected chi connectivity index (χ4v) is 2.96.